The van der Waals surface area contributed by atoms with Gasteiger partial charge < -0.3 is 29.7 Å². The van der Waals surface area contributed by atoms with Gasteiger partial charge in [-0.15, -0.1) is 0 Å². The van der Waals surface area contributed by atoms with Gasteiger partial charge in [-0.3, -0.25) is 0 Å². The van der Waals surface area contributed by atoms with Crippen LogP contribution in [0.4, 0.5) is 19.0 Å². The molecule has 0 bridgehead atoms. The Morgan fingerprint density at radius 3 is 2.62 bits per heavy atom. The normalized spacial score (nSPS) is 19.3. The molecule has 2 fully saturated rings. The van der Waals surface area contributed by atoms with E-state index in [1.54, 1.807) is 30.3 Å². The molecular weight excluding hydrogens is 523 g/mol. The third-order valence-corrected chi connectivity index (χ3v) is 7.17. The Kier molecular flexibility index (Phi) is 8.24. The van der Waals surface area contributed by atoms with Crippen molar-refractivity contribution >= 4 is 27.5 Å². The van der Waals surface area contributed by atoms with Crippen LogP contribution < -0.4 is 15.0 Å². The number of aromatic nitrogens is 2. The van der Waals surface area contributed by atoms with Crippen LogP contribution in [-0.4, -0.2) is 86.4 Å². The molecule has 0 aliphatic carbocycles. The molecule has 40 heavy (non-hydrogen) atoms. The second kappa shape index (κ2) is 11.8. The lowest BCUT2D eigenvalue weighted by atomic mass is 9.95. The predicted molar refractivity (Wildman–Crippen MR) is 149 cm³/mol. The fourth-order valence-electron chi connectivity index (χ4n) is 5.22. The maximum absolute atomic E-state index is 16.0. The number of phenolic OH excluding ortho intramolecular Hbond substituents is 1. The van der Waals surface area contributed by atoms with Gasteiger partial charge in [0.1, 0.15) is 35.8 Å². The molecule has 2 aliphatic rings. The molecule has 0 spiro atoms. The minimum absolute atomic E-state index is 0.0372. The highest BCUT2D eigenvalue weighted by atomic mass is 19.1. The molecule has 2 saturated heterocycles. The number of alkyl halides is 1. The SMILES string of the molecule is CN1CCC(F)C1.CNC[C@@H]1COCN1c1nc(OC)nc2c(F)c(-c3cc(O)cc4ccccc34)c(F)cc12. The van der Waals surface area contributed by atoms with Crippen molar-refractivity contribution in [2.75, 3.05) is 59.1 Å². The molecule has 2 atom stereocenters. The first-order valence-corrected chi connectivity index (χ1v) is 13.1. The minimum atomic E-state index is -0.854. The Bertz CT molecular complexity index is 1510. The predicted octanol–water partition coefficient (Wildman–Crippen LogP) is 4.48. The van der Waals surface area contributed by atoms with Crippen molar-refractivity contribution in [1.82, 2.24) is 20.2 Å². The molecule has 3 aromatic carbocycles. The van der Waals surface area contributed by atoms with E-state index in [1.807, 2.05) is 23.9 Å². The number of fused-ring (bicyclic) bond motifs is 2. The third kappa shape index (κ3) is 5.49. The largest absolute Gasteiger partial charge is 0.508 e. The number of benzene rings is 3. The molecule has 0 radical (unpaired) electrons. The van der Waals surface area contributed by atoms with Crippen LogP contribution in [0.25, 0.3) is 32.8 Å². The number of methoxy groups -OCH3 is 1. The molecule has 0 amide bonds. The molecule has 2 aliphatic heterocycles. The second-order valence-electron chi connectivity index (χ2n) is 10.0. The zero-order valence-electron chi connectivity index (χ0n) is 22.6. The molecule has 1 unspecified atom stereocenters. The molecule has 6 rings (SSSR count). The summed E-state index contributed by atoms with van der Waals surface area (Å²) in [5, 5.41) is 14.8. The van der Waals surface area contributed by atoms with Crippen LogP contribution in [-0.2, 0) is 4.74 Å². The summed E-state index contributed by atoms with van der Waals surface area (Å²) >= 11 is 0. The standard InChI is InChI=1S/C24H22F2N4O3.C5H10FN/c1-27-10-14-11-33-12-30(14)23-18-9-19(25)20(21(26)22(18)28-24(29-23)32-2)17-8-15(31)7-13-5-3-4-6-16(13)17;1-7-3-2-5(6)4-7/h3-9,14,27,31H,10-12H2,1-2H3;5H,2-4H2,1H3/t14-;/m1./s1. The van der Waals surface area contributed by atoms with E-state index >= 15 is 8.78 Å². The van der Waals surface area contributed by atoms with Gasteiger partial charge in [0.05, 0.1) is 25.3 Å². The second-order valence-corrected chi connectivity index (χ2v) is 10.0. The first kappa shape index (κ1) is 27.9. The number of hydrogen-bond donors (Lipinski definition) is 2. The van der Waals surface area contributed by atoms with Crippen molar-refractivity contribution in [2.24, 2.45) is 0 Å². The summed E-state index contributed by atoms with van der Waals surface area (Å²) in [6, 6.07) is 11.1. The van der Waals surface area contributed by atoms with Gasteiger partial charge in [-0.05, 0) is 55.1 Å². The highest BCUT2D eigenvalue weighted by Crippen LogP contribution is 2.40. The minimum Gasteiger partial charge on any atom is -0.508 e. The monoisotopic (exact) mass is 555 g/mol. The maximum Gasteiger partial charge on any atom is 0.318 e. The van der Waals surface area contributed by atoms with E-state index in [0.717, 1.165) is 13.0 Å². The van der Waals surface area contributed by atoms with Gasteiger partial charge >= 0.3 is 6.01 Å². The highest BCUT2D eigenvalue weighted by Gasteiger charge is 2.30. The van der Waals surface area contributed by atoms with Gasteiger partial charge in [-0.2, -0.15) is 9.97 Å². The number of rotatable bonds is 5. The molecule has 0 saturated carbocycles. The summed E-state index contributed by atoms with van der Waals surface area (Å²) in [6.07, 6.45) is 0.182. The molecule has 11 heteroatoms. The van der Waals surface area contributed by atoms with E-state index in [-0.39, 0.29) is 46.6 Å². The summed E-state index contributed by atoms with van der Waals surface area (Å²) in [5.74, 6) is -1.39. The first-order chi connectivity index (χ1) is 19.3. The molecule has 8 nitrogen and oxygen atoms in total. The number of nitrogens with zero attached hydrogens (tertiary/aromatic N) is 4. The molecule has 2 N–H and O–H groups in total. The van der Waals surface area contributed by atoms with Crippen molar-refractivity contribution in [3.63, 3.8) is 0 Å². The number of likely N-dealkylation sites (tertiary alicyclic amines) is 1. The van der Waals surface area contributed by atoms with E-state index in [0.29, 0.717) is 36.3 Å². The van der Waals surface area contributed by atoms with E-state index < -0.39 is 17.8 Å². The van der Waals surface area contributed by atoms with Crippen LogP contribution in [0.3, 0.4) is 0 Å². The fraction of sp³-hybridized carbons (Fsp3) is 0.379. The number of phenols is 1. The fourth-order valence-corrected chi connectivity index (χ4v) is 5.22. The summed E-state index contributed by atoms with van der Waals surface area (Å²) in [5.41, 5.74) is -0.110. The lowest BCUT2D eigenvalue weighted by molar-refractivity contribution is 0.193. The van der Waals surface area contributed by atoms with E-state index in [4.69, 9.17) is 9.47 Å². The zero-order chi connectivity index (χ0) is 28.4. The lowest BCUT2D eigenvalue weighted by Gasteiger charge is -2.25. The number of likely N-dealkylation sites (N-methyl/N-ethyl adjacent to an activating group) is 1. The van der Waals surface area contributed by atoms with Crippen molar-refractivity contribution in [1.29, 1.82) is 0 Å². The van der Waals surface area contributed by atoms with Gasteiger partial charge in [0.25, 0.3) is 0 Å². The van der Waals surface area contributed by atoms with Crippen molar-refractivity contribution in [2.45, 2.75) is 18.6 Å². The number of nitrogens with one attached hydrogen (secondary N) is 1. The average Bonchev–Trinajstić information content (AvgIpc) is 3.56. The average molecular weight is 556 g/mol. The van der Waals surface area contributed by atoms with Crippen molar-refractivity contribution in [3.8, 4) is 22.9 Å². The number of aromatic hydroxyl groups is 1. The summed E-state index contributed by atoms with van der Waals surface area (Å²) in [6.45, 7) is 2.85. The zero-order valence-corrected chi connectivity index (χ0v) is 22.6. The van der Waals surface area contributed by atoms with Gasteiger partial charge in [0, 0.05) is 25.0 Å². The van der Waals surface area contributed by atoms with Crippen LogP contribution >= 0.6 is 0 Å². The molecule has 1 aromatic heterocycles. The summed E-state index contributed by atoms with van der Waals surface area (Å²) in [7, 11) is 5.15. The highest BCUT2D eigenvalue weighted by molar-refractivity contribution is 6.01. The number of hydrogen-bond acceptors (Lipinski definition) is 8. The number of halogens is 3. The van der Waals surface area contributed by atoms with Crippen LogP contribution in [0, 0.1) is 11.6 Å². The molecule has 4 aromatic rings. The van der Waals surface area contributed by atoms with Gasteiger partial charge in [-0.25, -0.2) is 13.2 Å². The quantitative estimate of drug-likeness (QED) is 0.373. The Labute approximate surface area is 230 Å². The van der Waals surface area contributed by atoms with Gasteiger partial charge in [-0.1, -0.05) is 24.3 Å². The van der Waals surface area contributed by atoms with Crippen LogP contribution in [0.15, 0.2) is 42.5 Å². The third-order valence-electron chi connectivity index (χ3n) is 7.17. The Hall–Kier alpha value is -3.67. The van der Waals surface area contributed by atoms with Gasteiger partial charge in [0.2, 0.25) is 0 Å². The summed E-state index contributed by atoms with van der Waals surface area (Å²) in [4.78, 5) is 12.4. The smallest absolute Gasteiger partial charge is 0.318 e. The van der Waals surface area contributed by atoms with Crippen molar-refractivity contribution in [3.05, 3.63) is 54.1 Å². The van der Waals surface area contributed by atoms with Crippen LogP contribution in [0.1, 0.15) is 6.42 Å². The molecular formula is C29H32F3N5O3. The maximum atomic E-state index is 16.0. The summed E-state index contributed by atoms with van der Waals surface area (Å²) < 4.78 is 54.5. The topological polar surface area (TPSA) is 83.0 Å². The van der Waals surface area contributed by atoms with E-state index in [1.165, 1.54) is 19.2 Å². The van der Waals surface area contributed by atoms with E-state index in [9.17, 15) is 9.50 Å². The van der Waals surface area contributed by atoms with Crippen LogP contribution in [0.5, 0.6) is 11.8 Å². The Morgan fingerprint density at radius 1 is 1.15 bits per heavy atom. The lowest BCUT2D eigenvalue weighted by Crippen LogP contribution is -2.39. The first-order valence-electron chi connectivity index (χ1n) is 13.1. The van der Waals surface area contributed by atoms with E-state index in [2.05, 4.69) is 15.3 Å². The van der Waals surface area contributed by atoms with Crippen molar-refractivity contribution < 1.29 is 27.8 Å². The number of anilines is 1. The molecule has 212 valence electrons. The molecule has 3 heterocycles. The Balaban J connectivity index is 0.000000403. The van der Waals surface area contributed by atoms with Gasteiger partial charge in [0.15, 0.2) is 5.82 Å². The Morgan fingerprint density at radius 2 is 1.95 bits per heavy atom. The number of ether oxygens (including phenoxy) is 2. The van der Waals surface area contributed by atoms with Crippen LogP contribution in [0.2, 0.25) is 0 Å².